The zero-order valence-corrected chi connectivity index (χ0v) is 21.8. The molecule has 34 heavy (non-hydrogen) atoms. The summed E-state index contributed by atoms with van der Waals surface area (Å²) in [5.41, 5.74) is 1.10. The molecule has 0 bridgehead atoms. The number of rotatable bonds is 7. The van der Waals surface area contributed by atoms with Crippen molar-refractivity contribution in [3.63, 3.8) is 0 Å². The summed E-state index contributed by atoms with van der Waals surface area (Å²) in [5, 5.41) is 0.963. The lowest BCUT2D eigenvalue weighted by atomic mass is 9.84. The lowest BCUT2D eigenvalue weighted by molar-refractivity contribution is -0.133. The Morgan fingerprint density at radius 3 is 2.38 bits per heavy atom. The van der Waals surface area contributed by atoms with Crippen LogP contribution in [0.25, 0.3) is 16.6 Å². The number of benzene rings is 2. The first-order valence-corrected chi connectivity index (χ1v) is 11.9. The number of methoxy groups -OCH3 is 1. The lowest BCUT2D eigenvalue weighted by Gasteiger charge is -2.29. The van der Waals surface area contributed by atoms with E-state index in [-0.39, 0.29) is 22.8 Å². The Hall–Kier alpha value is -2.86. The summed E-state index contributed by atoms with van der Waals surface area (Å²) in [7, 11) is 3.36. The zero-order valence-electron chi connectivity index (χ0n) is 21.1. The second-order valence-corrected chi connectivity index (χ2v) is 10.7. The fourth-order valence-corrected chi connectivity index (χ4v) is 4.55. The van der Waals surface area contributed by atoms with E-state index in [9.17, 15) is 9.59 Å². The molecule has 182 valence electrons. The van der Waals surface area contributed by atoms with Crippen LogP contribution in [0.3, 0.4) is 0 Å². The second kappa shape index (κ2) is 10.2. The predicted octanol–water partition coefficient (Wildman–Crippen LogP) is 6.03. The van der Waals surface area contributed by atoms with E-state index in [4.69, 9.17) is 21.3 Å². The molecule has 2 atom stereocenters. The third-order valence-corrected chi connectivity index (χ3v) is 6.26. The van der Waals surface area contributed by atoms with Crippen molar-refractivity contribution in [2.75, 3.05) is 14.2 Å². The molecule has 1 aromatic heterocycles. The van der Waals surface area contributed by atoms with Crippen LogP contribution in [0.15, 0.2) is 47.3 Å². The summed E-state index contributed by atoms with van der Waals surface area (Å²) < 4.78 is 6.84. The summed E-state index contributed by atoms with van der Waals surface area (Å²) in [6.07, 6.45) is 1.38. The molecule has 1 heterocycles. The molecule has 0 saturated heterocycles. The topological polar surface area (TPSA) is 64.4 Å². The van der Waals surface area contributed by atoms with Crippen molar-refractivity contribution < 1.29 is 9.53 Å². The Bertz CT molecular complexity index is 1230. The summed E-state index contributed by atoms with van der Waals surface area (Å²) in [6.45, 7) is 10.5. The quantitative estimate of drug-likeness (QED) is 0.411. The van der Waals surface area contributed by atoms with Crippen LogP contribution in [0, 0.1) is 11.3 Å². The van der Waals surface area contributed by atoms with E-state index in [1.54, 1.807) is 54.0 Å². The summed E-state index contributed by atoms with van der Waals surface area (Å²) in [4.78, 5) is 33.2. The lowest BCUT2D eigenvalue weighted by Crippen LogP contribution is -2.35. The van der Waals surface area contributed by atoms with E-state index in [1.165, 1.54) is 0 Å². The number of aromatic nitrogens is 2. The van der Waals surface area contributed by atoms with Gasteiger partial charge in [-0.2, -0.15) is 0 Å². The summed E-state index contributed by atoms with van der Waals surface area (Å²) in [6, 6.07) is 11.8. The van der Waals surface area contributed by atoms with Gasteiger partial charge in [0.1, 0.15) is 11.6 Å². The minimum Gasteiger partial charge on any atom is -0.497 e. The highest BCUT2D eigenvalue weighted by Gasteiger charge is 2.26. The molecule has 1 amide bonds. The average Bonchev–Trinajstić information content (AvgIpc) is 2.76. The van der Waals surface area contributed by atoms with Gasteiger partial charge in [-0.25, -0.2) is 4.98 Å². The summed E-state index contributed by atoms with van der Waals surface area (Å²) >= 11 is 6.19. The molecule has 2 unspecified atom stereocenters. The third-order valence-electron chi connectivity index (χ3n) is 6.02. The molecule has 0 fully saturated rings. The van der Waals surface area contributed by atoms with Gasteiger partial charge in [0.2, 0.25) is 5.91 Å². The third kappa shape index (κ3) is 5.79. The van der Waals surface area contributed by atoms with Gasteiger partial charge in [-0.05, 0) is 67.1 Å². The van der Waals surface area contributed by atoms with Gasteiger partial charge in [-0.3, -0.25) is 14.2 Å². The van der Waals surface area contributed by atoms with Gasteiger partial charge in [0, 0.05) is 18.5 Å². The largest absolute Gasteiger partial charge is 0.497 e. The monoisotopic (exact) mass is 483 g/mol. The molecule has 0 aliphatic carbocycles. The molecule has 0 saturated carbocycles. The highest BCUT2D eigenvalue weighted by atomic mass is 35.5. The van der Waals surface area contributed by atoms with Gasteiger partial charge in [-0.1, -0.05) is 39.3 Å². The van der Waals surface area contributed by atoms with Crippen LogP contribution in [0.5, 0.6) is 5.75 Å². The van der Waals surface area contributed by atoms with Crippen LogP contribution in [0.4, 0.5) is 0 Å². The molecule has 0 spiro atoms. The number of carbonyl (C=O) groups excluding carboxylic acids is 1. The second-order valence-electron chi connectivity index (χ2n) is 10.2. The van der Waals surface area contributed by atoms with Crippen molar-refractivity contribution in [1.29, 1.82) is 0 Å². The van der Waals surface area contributed by atoms with E-state index >= 15 is 0 Å². The minimum atomic E-state index is -0.437. The highest BCUT2D eigenvalue weighted by Crippen LogP contribution is 2.28. The first kappa shape index (κ1) is 25.8. The number of carbonyl (C=O) groups is 1. The number of nitrogens with zero attached hydrogens (tertiary/aromatic N) is 3. The normalized spacial score (nSPS) is 13.5. The molecule has 6 nitrogen and oxygen atoms in total. The standard InChI is InChI=1S/C27H34ClN3O3/c1-17(16-27(3,4)5)14-24(32)30(6)18(2)25-29-23-15-19(28)8-13-22(23)26(33)31(25)20-9-11-21(34-7)12-10-20/h8-13,15,17-18H,14,16H2,1-7H3. The minimum absolute atomic E-state index is 0.0194. The molecular weight excluding hydrogens is 450 g/mol. The maximum atomic E-state index is 13.6. The van der Waals surface area contributed by atoms with Gasteiger partial charge in [0.15, 0.2) is 0 Å². The fourth-order valence-electron chi connectivity index (χ4n) is 4.39. The molecule has 0 aliphatic rings. The molecule has 3 rings (SSSR count). The van der Waals surface area contributed by atoms with Gasteiger partial charge in [-0.15, -0.1) is 0 Å². The van der Waals surface area contributed by atoms with Crippen LogP contribution < -0.4 is 10.3 Å². The first-order valence-electron chi connectivity index (χ1n) is 11.5. The van der Waals surface area contributed by atoms with E-state index in [0.29, 0.717) is 39.6 Å². The fraction of sp³-hybridized carbons (Fsp3) is 0.444. The van der Waals surface area contributed by atoms with Crippen LogP contribution in [-0.2, 0) is 4.79 Å². The Balaban J connectivity index is 2.06. The van der Waals surface area contributed by atoms with Crippen LogP contribution in [0.1, 0.15) is 59.3 Å². The predicted molar refractivity (Wildman–Crippen MR) is 138 cm³/mol. The van der Waals surface area contributed by atoms with Crippen molar-refractivity contribution >= 4 is 28.4 Å². The smallest absolute Gasteiger partial charge is 0.266 e. The molecule has 7 heteroatoms. The van der Waals surface area contributed by atoms with Crippen molar-refractivity contribution in [3.8, 4) is 11.4 Å². The van der Waals surface area contributed by atoms with E-state index in [0.717, 1.165) is 6.42 Å². The average molecular weight is 484 g/mol. The molecule has 0 aliphatic heterocycles. The van der Waals surface area contributed by atoms with Crippen LogP contribution in [-0.4, -0.2) is 34.5 Å². The van der Waals surface area contributed by atoms with Crippen molar-refractivity contribution in [2.24, 2.45) is 11.3 Å². The highest BCUT2D eigenvalue weighted by molar-refractivity contribution is 6.31. The van der Waals surface area contributed by atoms with Gasteiger partial charge in [0.25, 0.3) is 5.56 Å². The van der Waals surface area contributed by atoms with Crippen molar-refractivity contribution in [3.05, 3.63) is 63.7 Å². The molecule has 0 radical (unpaired) electrons. The van der Waals surface area contributed by atoms with Gasteiger partial charge < -0.3 is 9.64 Å². The van der Waals surface area contributed by atoms with E-state index in [1.807, 2.05) is 19.1 Å². The Morgan fingerprint density at radius 1 is 1.15 bits per heavy atom. The first-order chi connectivity index (χ1) is 15.9. The molecular formula is C27H34ClN3O3. The van der Waals surface area contributed by atoms with Crippen molar-refractivity contribution in [2.45, 2.75) is 53.5 Å². The maximum absolute atomic E-state index is 13.6. The SMILES string of the molecule is COc1ccc(-n2c(C(C)N(C)C(=O)CC(C)CC(C)(C)C)nc3cc(Cl)ccc3c2=O)cc1. The van der Waals surface area contributed by atoms with Gasteiger partial charge >= 0.3 is 0 Å². The molecule has 2 aromatic carbocycles. The Kier molecular flexibility index (Phi) is 7.71. The molecule has 0 N–H and O–H groups in total. The number of halogens is 1. The van der Waals surface area contributed by atoms with Crippen molar-refractivity contribution in [1.82, 2.24) is 14.5 Å². The van der Waals surface area contributed by atoms with E-state index < -0.39 is 6.04 Å². The Morgan fingerprint density at radius 2 is 1.79 bits per heavy atom. The number of amides is 1. The number of fused-ring (bicyclic) bond motifs is 1. The number of hydrogen-bond donors (Lipinski definition) is 0. The Labute approximate surface area is 206 Å². The van der Waals surface area contributed by atoms with Crippen LogP contribution in [0.2, 0.25) is 5.02 Å². The zero-order chi connectivity index (χ0) is 25.2. The number of hydrogen-bond acceptors (Lipinski definition) is 4. The summed E-state index contributed by atoms with van der Waals surface area (Å²) in [5.74, 6) is 1.43. The van der Waals surface area contributed by atoms with E-state index in [2.05, 4.69) is 27.7 Å². The maximum Gasteiger partial charge on any atom is 0.266 e. The number of ether oxygens (including phenoxy) is 1. The van der Waals surface area contributed by atoms with Crippen LogP contribution >= 0.6 is 11.6 Å². The van der Waals surface area contributed by atoms with Gasteiger partial charge in [0.05, 0.1) is 29.7 Å². The molecule has 3 aromatic rings.